The number of phosphoric ester groups is 1. The van der Waals surface area contributed by atoms with Crippen LogP contribution in [0.2, 0.25) is 0 Å². The summed E-state index contributed by atoms with van der Waals surface area (Å²) in [4.78, 5) is 33.8. The predicted octanol–water partition coefficient (Wildman–Crippen LogP) is 11.6. The first-order chi connectivity index (χ1) is 25.3. The third-order valence-electron chi connectivity index (χ3n) is 9.13. The lowest BCUT2D eigenvalue weighted by Gasteiger charge is -2.15. The van der Waals surface area contributed by atoms with Crippen LogP contribution in [0.25, 0.3) is 0 Å². The van der Waals surface area contributed by atoms with Crippen molar-refractivity contribution >= 4 is 19.7 Å². The van der Waals surface area contributed by atoms with Gasteiger partial charge in [-0.3, -0.25) is 18.6 Å². The van der Waals surface area contributed by atoms with Crippen LogP contribution >= 0.6 is 7.82 Å². The number of carbonyl (C=O) groups is 2. The molecule has 0 aliphatic heterocycles. The number of hydrogen-bond donors (Lipinski definition) is 3. The Morgan fingerprint density at radius 3 is 1.56 bits per heavy atom. The summed E-state index contributed by atoms with van der Waals surface area (Å²) in [5, 5.41) is 12.7. The molecule has 9 nitrogen and oxygen atoms in total. The molecule has 0 heterocycles. The number of phosphoric acid groups is 1. The standard InChI is InChI=1S/C42H80NO8P/c1-3-5-7-9-11-13-15-17-18-19-20-21-23-24-26-28-30-32-34-41(45)43-36-37-50-52(47,48)51-39-40(44)38-49-42(46)35-33-31-29-27-25-22-16-14-12-10-8-6-4-2/h13,15,18-19,40,44H,3-12,14,16-17,20-39H2,1-2H3,(H,43,45)(H,47,48)/b15-13-,19-18-. The third kappa shape index (κ3) is 39.7. The molecule has 3 N–H and O–H groups in total. The van der Waals surface area contributed by atoms with Gasteiger partial charge in [-0.1, -0.05) is 167 Å². The predicted molar refractivity (Wildman–Crippen MR) is 215 cm³/mol. The van der Waals surface area contributed by atoms with Gasteiger partial charge in [-0.2, -0.15) is 0 Å². The number of hydrogen-bond acceptors (Lipinski definition) is 7. The van der Waals surface area contributed by atoms with Crippen molar-refractivity contribution in [2.75, 3.05) is 26.4 Å². The van der Waals surface area contributed by atoms with E-state index in [2.05, 4.69) is 43.5 Å². The van der Waals surface area contributed by atoms with Crippen LogP contribution in [0.5, 0.6) is 0 Å². The molecule has 2 atom stereocenters. The number of aliphatic hydroxyl groups excluding tert-OH is 1. The highest BCUT2D eigenvalue weighted by Gasteiger charge is 2.23. The van der Waals surface area contributed by atoms with Crippen molar-refractivity contribution in [3.05, 3.63) is 24.3 Å². The Morgan fingerprint density at radius 2 is 1.04 bits per heavy atom. The topological polar surface area (TPSA) is 131 Å². The van der Waals surface area contributed by atoms with E-state index in [1.807, 2.05) is 0 Å². The molecule has 0 aromatic carbocycles. The minimum atomic E-state index is -4.41. The highest BCUT2D eigenvalue weighted by Crippen LogP contribution is 2.42. The van der Waals surface area contributed by atoms with Gasteiger partial charge in [0, 0.05) is 19.4 Å². The van der Waals surface area contributed by atoms with Gasteiger partial charge in [-0.15, -0.1) is 0 Å². The van der Waals surface area contributed by atoms with Crippen molar-refractivity contribution in [1.29, 1.82) is 0 Å². The third-order valence-corrected chi connectivity index (χ3v) is 10.1. The summed E-state index contributed by atoms with van der Waals surface area (Å²) in [5.41, 5.74) is 0. The highest BCUT2D eigenvalue weighted by molar-refractivity contribution is 7.47. The Balaban J connectivity index is 3.60. The van der Waals surface area contributed by atoms with Crippen LogP contribution in [0, 0.1) is 0 Å². The number of carbonyl (C=O) groups excluding carboxylic acids is 2. The van der Waals surface area contributed by atoms with E-state index in [9.17, 15) is 24.2 Å². The number of rotatable bonds is 40. The van der Waals surface area contributed by atoms with Crippen LogP contribution in [0.15, 0.2) is 24.3 Å². The quantitative estimate of drug-likeness (QED) is 0.0244. The van der Waals surface area contributed by atoms with Gasteiger partial charge in [-0.05, 0) is 44.9 Å². The lowest BCUT2D eigenvalue weighted by molar-refractivity contribution is -0.147. The monoisotopic (exact) mass is 758 g/mol. The molecule has 0 bridgehead atoms. The van der Waals surface area contributed by atoms with Crippen LogP contribution in [0.3, 0.4) is 0 Å². The molecule has 1 amide bonds. The molecule has 0 rings (SSSR count). The lowest BCUT2D eigenvalue weighted by atomic mass is 10.0. The largest absolute Gasteiger partial charge is 0.472 e. The molecule has 52 heavy (non-hydrogen) atoms. The molecule has 306 valence electrons. The molecular weight excluding hydrogens is 677 g/mol. The summed E-state index contributed by atoms with van der Waals surface area (Å²) in [7, 11) is -4.41. The average molecular weight is 758 g/mol. The summed E-state index contributed by atoms with van der Waals surface area (Å²) in [6, 6.07) is 0. The van der Waals surface area contributed by atoms with Gasteiger partial charge in [-0.25, -0.2) is 4.57 Å². The van der Waals surface area contributed by atoms with Gasteiger partial charge in [0.15, 0.2) is 0 Å². The van der Waals surface area contributed by atoms with Crippen molar-refractivity contribution in [1.82, 2.24) is 5.32 Å². The maximum atomic E-state index is 12.1. The molecule has 0 saturated carbocycles. The zero-order valence-corrected chi connectivity index (χ0v) is 34.4. The molecule has 0 aliphatic carbocycles. The van der Waals surface area contributed by atoms with E-state index in [4.69, 9.17) is 13.8 Å². The summed E-state index contributed by atoms with van der Waals surface area (Å²) in [6.45, 7) is 3.54. The van der Waals surface area contributed by atoms with Gasteiger partial charge in [0.2, 0.25) is 5.91 Å². The maximum Gasteiger partial charge on any atom is 0.472 e. The minimum absolute atomic E-state index is 0.0793. The Morgan fingerprint density at radius 1 is 0.596 bits per heavy atom. The number of amides is 1. The summed E-state index contributed by atoms with van der Waals surface area (Å²) < 4.78 is 26.8. The molecule has 2 unspecified atom stereocenters. The second-order valence-electron chi connectivity index (χ2n) is 14.3. The van der Waals surface area contributed by atoms with Gasteiger partial charge in [0.1, 0.15) is 12.7 Å². The van der Waals surface area contributed by atoms with E-state index in [1.54, 1.807) is 0 Å². The van der Waals surface area contributed by atoms with Crippen molar-refractivity contribution in [2.24, 2.45) is 0 Å². The van der Waals surface area contributed by atoms with Crippen molar-refractivity contribution in [2.45, 2.75) is 206 Å². The molecule has 0 spiro atoms. The fourth-order valence-corrected chi connectivity index (χ4v) is 6.64. The number of unbranched alkanes of at least 4 members (excludes halogenated alkanes) is 23. The molecule has 0 aliphatic rings. The number of allylic oxidation sites excluding steroid dienone is 4. The van der Waals surface area contributed by atoms with E-state index in [0.717, 1.165) is 51.4 Å². The maximum absolute atomic E-state index is 12.1. The zero-order chi connectivity index (χ0) is 38.2. The fraction of sp³-hybridized carbons (Fsp3) is 0.857. The van der Waals surface area contributed by atoms with Gasteiger partial charge in [0.25, 0.3) is 0 Å². The molecular formula is C42H80NO8P. The van der Waals surface area contributed by atoms with E-state index in [-0.39, 0.29) is 32.1 Å². The Hall–Kier alpha value is -1.51. The van der Waals surface area contributed by atoms with E-state index < -0.39 is 26.5 Å². The Labute approximate surface area is 319 Å². The van der Waals surface area contributed by atoms with E-state index in [0.29, 0.717) is 6.42 Å². The zero-order valence-electron chi connectivity index (χ0n) is 33.5. The molecule has 0 fully saturated rings. The van der Waals surface area contributed by atoms with Crippen LogP contribution < -0.4 is 5.32 Å². The Bertz CT molecular complexity index is 912. The Kier molecular flexibility index (Phi) is 38.1. The minimum Gasteiger partial charge on any atom is -0.463 e. The first kappa shape index (κ1) is 50.5. The van der Waals surface area contributed by atoms with E-state index >= 15 is 0 Å². The normalized spacial score (nSPS) is 13.5. The number of esters is 1. The molecule has 0 aromatic rings. The first-order valence-electron chi connectivity index (χ1n) is 21.3. The van der Waals surface area contributed by atoms with Crippen molar-refractivity contribution in [3.63, 3.8) is 0 Å². The molecule has 10 heteroatoms. The van der Waals surface area contributed by atoms with Gasteiger partial charge in [0.05, 0.1) is 13.2 Å². The molecule has 0 aromatic heterocycles. The summed E-state index contributed by atoms with van der Waals surface area (Å²) in [6.07, 6.45) is 41.0. The average Bonchev–Trinajstić information content (AvgIpc) is 3.13. The summed E-state index contributed by atoms with van der Waals surface area (Å²) in [5.74, 6) is -0.519. The fourth-order valence-electron chi connectivity index (χ4n) is 5.88. The van der Waals surface area contributed by atoms with Crippen molar-refractivity contribution < 1.29 is 37.9 Å². The van der Waals surface area contributed by atoms with Crippen LogP contribution in [0.1, 0.15) is 200 Å². The first-order valence-corrected chi connectivity index (χ1v) is 22.8. The smallest absolute Gasteiger partial charge is 0.463 e. The van der Waals surface area contributed by atoms with Crippen LogP contribution in [-0.4, -0.2) is 54.3 Å². The second-order valence-corrected chi connectivity index (χ2v) is 15.8. The highest BCUT2D eigenvalue weighted by atomic mass is 31.2. The number of aliphatic hydroxyl groups is 1. The second kappa shape index (κ2) is 39.2. The SMILES string of the molecule is CCCCCC/C=C\C/C=C\CCCCCCCCCC(=O)NCCOP(=O)(O)OCC(O)COC(=O)CCCCCCCCCCCCCCC. The van der Waals surface area contributed by atoms with Gasteiger partial charge >= 0.3 is 13.8 Å². The van der Waals surface area contributed by atoms with Crippen LogP contribution in [0.4, 0.5) is 0 Å². The molecule has 0 radical (unpaired) electrons. The number of ether oxygens (including phenoxy) is 1. The number of nitrogens with one attached hydrogen (secondary N) is 1. The van der Waals surface area contributed by atoms with Crippen LogP contribution in [-0.2, 0) is 27.9 Å². The van der Waals surface area contributed by atoms with Gasteiger partial charge < -0.3 is 20.1 Å². The summed E-state index contributed by atoms with van der Waals surface area (Å²) >= 11 is 0. The van der Waals surface area contributed by atoms with E-state index in [1.165, 1.54) is 122 Å². The van der Waals surface area contributed by atoms with Crippen molar-refractivity contribution in [3.8, 4) is 0 Å². The lowest BCUT2D eigenvalue weighted by Crippen LogP contribution is -2.27. The molecule has 0 saturated heterocycles.